The Morgan fingerprint density at radius 2 is 1.53 bits per heavy atom. The molecular formula is C25H25N3O6S2. The summed E-state index contributed by atoms with van der Waals surface area (Å²) in [5.74, 6) is -0.932. The van der Waals surface area contributed by atoms with Gasteiger partial charge in [0.1, 0.15) is 5.75 Å². The zero-order valence-electron chi connectivity index (χ0n) is 19.5. The highest BCUT2D eigenvalue weighted by Crippen LogP contribution is 2.20. The molecule has 4 rings (SSSR count). The Balaban J connectivity index is 1.50. The Hall–Kier alpha value is -3.70. The molecule has 1 aromatic heterocycles. The molecule has 0 spiro atoms. The molecule has 3 aromatic rings. The van der Waals surface area contributed by atoms with Gasteiger partial charge in [-0.3, -0.25) is 14.4 Å². The first-order valence-corrected chi connectivity index (χ1v) is 13.6. The van der Waals surface area contributed by atoms with Crippen LogP contribution in [0.25, 0.3) is 0 Å². The zero-order valence-corrected chi connectivity index (χ0v) is 21.1. The number of carbonyl (C=O) groups excluding carboxylic acids is 3. The highest BCUT2D eigenvalue weighted by Gasteiger charge is 2.39. The monoisotopic (exact) mass is 527 g/mol. The lowest BCUT2D eigenvalue weighted by Crippen LogP contribution is -2.57. The molecular weight excluding hydrogens is 502 g/mol. The van der Waals surface area contributed by atoms with Crippen molar-refractivity contribution in [2.75, 3.05) is 33.3 Å². The van der Waals surface area contributed by atoms with Crippen molar-refractivity contribution >= 4 is 38.9 Å². The van der Waals surface area contributed by atoms with Gasteiger partial charge in [-0.05, 0) is 47.8 Å². The summed E-state index contributed by atoms with van der Waals surface area (Å²) in [7, 11) is -2.68. The van der Waals surface area contributed by atoms with Crippen molar-refractivity contribution in [3.8, 4) is 5.75 Å². The molecule has 0 unspecified atom stereocenters. The van der Waals surface area contributed by atoms with Gasteiger partial charge >= 0.3 is 0 Å². The highest BCUT2D eigenvalue weighted by atomic mass is 32.2. The van der Waals surface area contributed by atoms with Crippen LogP contribution >= 0.6 is 11.3 Å². The van der Waals surface area contributed by atoms with Gasteiger partial charge in [0.15, 0.2) is 0 Å². The number of carbonyl (C=O) groups is 3. The molecule has 2 heterocycles. The van der Waals surface area contributed by atoms with Crippen LogP contribution in [0.3, 0.4) is 0 Å². The second-order valence-electron chi connectivity index (χ2n) is 8.03. The predicted octanol–water partition coefficient (Wildman–Crippen LogP) is 2.27. The average molecular weight is 528 g/mol. The standard InChI is InChI=1S/C25H25N3O6S2/c1-34-19-11-9-18(10-12-19)24(30)27-13-15-28(16-14-27)25(31)23(26-22(29)21-8-5-17-35-21)36(32,33)20-6-3-2-4-7-20/h2-12,17,23H,13-16H2,1H3,(H,26,29)/t23-/m0/s1. The van der Waals surface area contributed by atoms with Gasteiger partial charge in [0.25, 0.3) is 17.7 Å². The van der Waals surface area contributed by atoms with Gasteiger partial charge < -0.3 is 19.9 Å². The van der Waals surface area contributed by atoms with E-state index in [4.69, 9.17) is 4.74 Å². The number of hydrogen-bond donors (Lipinski definition) is 1. The Labute approximate surface area is 213 Å². The minimum Gasteiger partial charge on any atom is -0.497 e. The number of ether oxygens (including phenoxy) is 1. The fourth-order valence-corrected chi connectivity index (χ4v) is 5.94. The quantitative estimate of drug-likeness (QED) is 0.504. The van der Waals surface area contributed by atoms with E-state index in [-0.39, 0.29) is 37.0 Å². The third-order valence-electron chi connectivity index (χ3n) is 5.83. The van der Waals surface area contributed by atoms with Crippen molar-refractivity contribution < 1.29 is 27.5 Å². The summed E-state index contributed by atoms with van der Waals surface area (Å²) in [5.41, 5.74) is 0.489. The first-order valence-electron chi connectivity index (χ1n) is 11.2. The summed E-state index contributed by atoms with van der Waals surface area (Å²) in [6, 6.07) is 17.5. The lowest BCUT2D eigenvalue weighted by Gasteiger charge is -2.36. The van der Waals surface area contributed by atoms with Crippen LogP contribution in [0.4, 0.5) is 0 Å². The Morgan fingerprint density at radius 1 is 0.889 bits per heavy atom. The van der Waals surface area contributed by atoms with Gasteiger partial charge in [0.2, 0.25) is 15.2 Å². The molecule has 1 fully saturated rings. The first-order chi connectivity index (χ1) is 17.3. The predicted molar refractivity (Wildman–Crippen MR) is 135 cm³/mol. The lowest BCUT2D eigenvalue weighted by molar-refractivity contribution is -0.132. The molecule has 0 saturated carbocycles. The molecule has 0 bridgehead atoms. The number of nitrogens with zero attached hydrogens (tertiary/aromatic N) is 2. The summed E-state index contributed by atoms with van der Waals surface area (Å²) >= 11 is 1.15. The Morgan fingerprint density at radius 3 is 2.11 bits per heavy atom. The summed E-state index contributed by atoms with van der Waals surface area (Å²) in [6.07, 6.45) is 0. The maximum absolute atomic E-state index is 13.5. The summed E-state index contributed by atoms with van der Waals surface area (Å²) in [4.78, 5) is 42.3. The lowest BCUT2D eigenvalue weighted by atomic mass is 10.1. The normalized spacial score (nSPS) is 14.7. The fourth-order valence-electron chi connectivity index (χ4n) is 3.83. The smallest absolute Gasteiger partial charge is 0.262 e. The molecule has 1 atom stereocenters. The number of hydrogen-bond acceptors (Lipinski definition) is 7. The minimum absolute atomic E-state index is 0.0665. The molecule has 1 aliphatic heterocycles. The van der Waals surface area contributed by atoms with Crippen LogP contribution in [-0.4, -0.2) is 74.6 Å². The maximum atomic E-state index is 13.5. The molecule has 188 valence electrons. The number of benzene rings is 2. The first kappa shape index (κ1) is 25.4. The minimum atomic E-state index is -4.23. The largest absolute Gasteiger partial charge is 0.497 e. The molecule has 0 aliphatic carbocycles. The van der Waals surface area contributed by atoms with E-state index >= 15 is 0 Å². The van der Waals surface area contributed by atoms with Crippen molar-refractivity contribution in [2.45, 2.75) is 10.3 Å². The molecule has 1 N–H and O–H groups in total. The van der Waals surface area contributed by atoms with Crippen molar-refractivity contribution in [3.05, 3.63) is 82.6 Å². The second kappa shape index (κ2) is 10.9. The maximum Gasteiger partial charge on any atom is 0.262 e. The van der Waals surface area contributed by atoms with E-state index in [0.29, 0.717) is 16.2 Å². The van der Waals surface area contributed by atoms with E-state index < -0.39 is 27.0 Å². The van der Waals surface area contributed by atoms with Gasteiger partial charge in [-0.15, -0.1) is 11.3 Å². The average Bonchev–Trinajstić information content (AvgIpc) is 3.47. The van der Waals surface area contributed by atoms with Gasteiger partial charge in [-0.2, -0.15) is 0 Å². The number of nitrogens with one attached hydrogen (secondary N) is 1. The van der Waals surface area contributed by atoms with Crippen LogP contribution in [0.5, 0.6) is 5.75 Å². The fraction of sp³-hybridized carbons (Fsp3) is 0.240. The Kier molecular flexibility index (Phi) is 7.70. The van der Waals surface area contributed by atoms with Crippen LogP contribution < -0.4 is 10.1 Å². The number of piperazine rings is 1. The molecule has 2 aromatic carbocycles. The van der Waals surface area contributed by atoms with Gasteiger partial charge in [0, 0.05) is 31.7 Å². The van der Waals surface area contributed by atoms with E-state index in [1.54, 1.807) is 72.0 Å². The summed E-state index contributed by atoms with van der Waals surface area (Å²) < 4.78 is 31.9. The van der Waals surface area contributed by atoms with Gasteiger partial charge in [-0.1, -0.05) is 24.3 Å². The van der Waals surface area contributed by atoms with Gasteiger partial charge in [0.05, 0.1) is 16.9 Å². The molecule has 1 aliphatic rings. The third-order valence-corrected chi connectivity index (χ3v) is 8.57. The SMILES string of the molecule is COc1ccc(C(=O)N2CCN(C(=O)[C@@H](NC(=O)c3cccs3)S(=O)(=O)c3ccccc3)CC2)cc1. The van der Waals surface area contributed by atoms with Crippen LogP contribution in [0.15, 0.2) is 77.0 Å². The van der Waals surface area contributed by atoms with E-state index in [0.717, 1.165) is 11.3 Å². The van der Waals surface area contributed by atoms with Gasteiger partial charge in [-0.25, -0.2) is 8.42 Å². The van der Waals surface area contributed by atoms with E-state index in [1.165, 1.54) is 17.0 Å². The van der Waals surface area contributed by atoms with E-state index in [9.17, 15) is 22.8 Å². The van der Waals surface area contributed by atoms with E-state index in [2.05, 4.69) is 5.32 Å². The zero-order chi connectivity index (χ0) is 25.7. The Bertz CT molecular complexity index is 1320. The van der Waals surface area contributed by atoms with Crippen LogP contribution in [0, 0.1) is 0 Å². The van der Waals surface area contributed by atoms with Crippen LogP contribution in [-0.2, 0) is 14.6 Å². The molecule has 3 amide bonds. The number of thiophene rings is 1. The van der Waals surface area contributed by atoms with Crippen molar-refractivity contribution in [1.29, 1.82) is 0 Å². The highest BCUT2D eigenvalue weighted by molar-refractivity contribution is 7.92. The second-order valence-corrected chi connectivity index (χ2v) is 11.0. The van der Waals surface area contributed by atoms with Crippen molar-refractivity contribution in [3.63, 3.8) is 0 Å². The van der Waals surface area contributed by atoms with Crippen molar-refractivity contribution in [1.82, 2.24) is 15.1 Å². The summed E-state index contributed by atoms with van der Waals surface area (Å²) in [6.45, 7) is 0.730. The third kappa shape index (κ3) is 5.42. The van der Waals surface area contributed by atoms with Crippen molar-refractivity contribution in [2.24, 2.45) is 0 Å². The van der Waals surface area contributed by atoms with Crippen LogP contribution in [0.2, 0.25) is 0 Å². The van der Waals surface area contributed by atoms with Crippen LogP contribution in [0.1, 0.15) is 20.0 Å². The number of amides is 3. The number of methoxy groups -OCH3 is 1. The topological polar surface area (TPSA) is 113 Å². The molecule has 9 nitrogen and oxygen atoms in total. The molecule has 36 heavy (non-hydrogen) atoms. The number of rotatable bonds is 7. The number of sulfone groups is 1. The summed E-state index contributed by atoms with van der Waals surface area (Å²) in [5, 5.41) is 2.32. The van der Waals surface area contributed by atoms with E-state index in [1.807, 2.05) is 0 Å². The molecule has 11 heteroatoms. The molecule has 0 radical (unpaired) electrons. The molecule has 1 saturated heterocycles.